The van der Waals surface area contributed by atoms with Crippen molar-refractivity contribution in [3.8, 4) is 0 Å². The molecular weight excluding hydrogens is 344 g/mol. The molecule has 1 amide bonds. The van der Waals surface area contributed by atoms with Gasteiger partial charge >= 0.3 is 0 Å². The molecule has 7 heteroatoms. The number of rotatable bonds is 7. The van der Waals surface area contributed by atoms with Crippen LogP contribution in [0.5, 0.6) is 0 Å². The van der Waals surface area contributed by atoms with Crippen LogP contribution in [-0.2, 0) is 17.9 Å². The van der Waals surface area contributed by atoms with Crippen molar-refractivity contribution in [1.82, 2.24) is 19.9 Å². The zero-order valence-corrected chi connectivity index (χ0v) is 16.2. The highest BCUT2D eigenvalue weighted by molar-refractivity contribution is 5.79. The summed E-state index contributed by atoms with van der Waals surface area (Å²) in [4.78, 5) is 19.5. The predicted molar refractivity (Wildman–Crippen MR) is 100.0 cm³/mol. The summed E-state index contributed by atoms with van der Waals surface area (Å²) in [6, 6.07) is 6.31. The molecule has 1 saturated carbocycles. The second-order valence-corrected chi connectivity index (χ2v) is 7.75. The molecule has 0 N–H and O–H groups in total. The van der Waals surface area contributed by atoms with E-state index in [2.05, 4.69) is 15.0 Å². The van der Waals surface area contributed by atoms with Gasteiger partial charge < -0.3 is 13.8 Å². The zero-order valence-electron chi connectivity index (χ0n) is 16.2. The third-order valence-electron chi connectivity index (χ3n) is 5.31. The Kier molecular flexibility index (Phi) is 5.31. The average Bonchev–Trinajstić information content (AvgIpc) is 3.28. The number of furan rings is 1. The number of hydrogen-bond donors (Lipinski definition) is 0. The minimum Gasteiger partial charge on any atom is -0.464 e. The molecule has 3 heterocycles. The van der Waals surface area contributed by atoms with Crippen LogP contribution in [0, 0.1) is 13.8 Å². The lowest BCUT2D eigenvalue weighted by molar-refractivity contribution is -0.134. The van der Waals surface area contributed by atoms with Gasteiger partial charge in [-0.05, 0) is 38.8 Å². The highest BCUT2D eigenvalue weighted by Crippen LogP contribution is 2.29. The lowest BCUT2D eigenvalue weighted by atomic mass is 10.2. The summed E-state index contributed by atoms with van der Waals surface area (Å²) in [5.41, 5.74) is 0.918. The Morgan fingerprint density at radius 1 is 1.15 bits per heavy atom. The Bertz CT molecular complexity index is 772. The summed E-state index contributed by atoms with van der Waals surface area (Å²) < 4.78 is 11.0. The first-order chi connectivity index (χ1) is 13.1. The van der Waals surface area contributed by atoms with Gasteiger partial charge in [-0.1, -0.05) is 5.16 Å². The van der Waals surface area contributed by atoms with Crippen molar-refractivity contribution < 1.29 is 13.7 Å². The van der Waals surface area contributed by atoms with E-state index in [9.17, 15) is 4.79 Å². The molecule has 1 aliphatic carbocycles. The van der Waals surface area contributed by atoms with Crippen molar-refractivity contribution in [2.24, 2.45) is 0 Å². The van der Waals surface area contributed by atoms with Gasteiger partial charge in [-0.3, -0.25) is 14.6 Å². The maximum absolute atomic E-state index is 12.9. The van der Waals surface area contributed by atoms with Crippen LogP contribution in [0.25, 0.3) is 0 Å². The number of nitrogens with zero attached hydrogens (tertiary/aromatic N) is 4. The molecule has 1 saturated heterocycles. The molecule has 0 atom stereocenters. The van der Waals surface area contributed by atoms with Gasteiger partial charge in [-0.2, -0.15) is 0 Å². The smallest absolute Gasteiger partial charge is 0.237 e. The molecule has 0 bridgehead atoms. The first kappa shape index (κ1) is 18.3. The van der Waals surface area contributed by atoms with Gasteiger partial charge in [0.15, 0.2) is 5.76 Å². The SMILES string of the molecule is Cc1cc(CN2CCN(CC(=O)N(Cc3ccc(C)o3)C3CC3)CC2)on1. The van der Waals surface area contributed by atoms with Crippen LogP contribution in [0.3, 0.4) is 0 Å². The Morgan fingerprint density at radius 2 is 1.89 bits per heavy atom. The Hall–Kier alpha value is -2.12. The fraction of sp³-hybridized carbons (Fsp3) is 0.600. The molecule has 0 spiro atoms. The van der Waals surface area contributed by atoms with Crippen molar-refractivity contribution in [3.63, 3.8) is 0 Å². The molecule has 0 radical (unpaired) electrons. The minimum atomic E-state index is 0.214. The average molecular weight is 372 g/mol. The summed E-state index contributed by atoms with van der Waals surface area (Å²) in [5, 5.41) is 3.94. The van der Waals surface area contributed by atoms with E-state index in [1.54, 1.807) is 0 Å². The van der Waals surface area contributed by atoms with Gasteiger partial charge in [0, 0.05) is 38.3 Å². The molecule has 7 nitrogen and oxygen atoms in total. The number of aromatic nitrogens is 1. The van der Waals surface area contributed by atoms with Gasteiger partial charge in [0.25, 0.3) is 0 Å². The second kappa shape index (κ2) is 7.86. The predicted octanol–water partition coefficient (Wildman–Crippen LogP) is 2.19. The van der Waals surface area contributed by atoms with E-state index < -0.39 is 0 Å². The quantitative estimate of drug-likeness (QED) is 0.742. The van der Waals surface area contributed by atoms with Crippen molar-refractivity contribution in [3.05, 3.63) is 41.2 Å². The first-order valence-electron chi connectivity index (χ1n) is 9.78. The fourth-order valence-corrected chi connectivity index (χ4v) is 3.64. The molecule has 2 fully saturated rings. The highest BCUT2D eigenvalue weighted by atomic mass is 16.5. The topological polar surface area (TPSA) is 66.0 Å². The van der Waals surface area contributed by atoms with E-state index in [1.165, 1.54) is 0 Å². The van der Waals surface area contributed by atoms with Crippen LogP contribution in [0.15, 0.2) is 27.1 Å². The highest BCUT2D eigenvalue weighted by Gasteiger charge is 2.34. The van der Waals surface area contributed by atoms with Crippen LogP contribution >= 0.6 is 0 Å². The fourth-order valence-electron chi connectivity index (χ4n) is 3.64. The minimum absolute atomic E-state index is 0.214. The van der Waals surface area contributed by atoms with E-state index >= 15 is 0 Å². The third-order valence-corrected chi connectivity index (χ3v) is 5.31. The summed E-state index contributed by atoms with van der Waals surface area (Å²) in [5.74, 6) is 2.89. The summed E-state index contributed by atoms with van der Waals surface area (Å²) in [6.07, 6.45) is 2.21. The summed E-state index contributed by atoms with van der Waals surface area (Å²) >= 11 is 0. The molecule has 4 rings (SSSR count). The van der Waals surface area contributed by atoms with E-state index in [-0.39, 0.29) is 5.91 Å². The molecule has 0 aromatic carbocycles. The molecule has 1 aliphatic heterocycles. The maximum atomic E-state index is 12.9. The van der Waals surface area contributed by atoms with Crippen molar-refractivity contribution >= 4 is 5.91 Å². The molecular formula is C20H28N4O3. The van der Waals surface area contributed by atoms with Crippen LogP contribution in [0.4, 0.5) is 0 Å². The van der Waals surface area contributed by atoms with Crippen molar-refractivity contribution in [1.29, 1.82) is 0 Å². The number of hydrogen-bond acceptors (Lipinski definition) is 6. The third kappa shape index (κ3) is 4.78. The maximum Gasteiger partial charge on any atom is 0.237 e. The Morgan fingerprint density at radius 3 is 2.48 bits per heavy atom. The summed E-state index contributed by atoms with van der Waals surface area (Å²) in [7, 11) is 0. The Balaban J connectivity index is 1.26. The normalized spacial score (nSPS) is 18.7. The lowest BCUT2D eigenvalue weighted by Gasteiger charge is -2.34. The number of aryl methyl sites for hydroxylation is 2. The van der Waals surface area contributed by atoms with E-state index in [4.69, 9.17) is 8.94 Å². The molecule has 0 unspecified atom stereocenters. The lowest BCUT2D eigenvalue weighted by Crippen LogP contribution is -2.49. The van der Waals surface area contributed by atoms with Crippen molar-refractivity contribution in [2.75, 3.05) is 32.7 Å². The Labute approximate surface area is 159 Å². The van der Waals surface area contributed by atoms with Crippen LogP contribution < -0.4 is 0 Å². The van der Waals surface area contributed by atoms with Crippen LogP contribution in [0.1, 0.15) is 35.8 Å². The monoisotopic (exact) mass is 372 g/mol. The standard InChI is InChI=1S/C20H28N4O3/c1-15-11-19(27-21-15)12-22-7-9-23(10-8-22)14-20(25)24(17-4-5-17)13-18-6-3-16(2)26-18/h3,6,11,17H,4-5,7-10,12-14H2,1-2H3. The number of amides is 1. The first-order valence-corrected chi connectivity index (χ1v) is 9.78. The van der Waals surface area contributed by atoms with Gasteiger partial charge in [0.2, 0.25) is 5.91 Å². The van der Waals surface area contributed by atoms with Crippen molar-refractivity contribution in [2.45, 2.75) is 45.8 Å². The molecule has 27 heavy (non-hydrogen) atoms. The van der Waals surface area contributed by atoms with Gasteiger partial charge in [0.1, 0.15) is 11.5 Å². The van der Waals surface area contributed by atoms with E-state index in [1.807, 2.05) is 36.9 Å². The second-order valence-electron chi connectivity index (χ2n) is 7.75. The van der Waals surface area contributed by atoms with Crippen LogP contribution in [0.2, 0.25) is 0 Å². The molecule has 2 aromatic heterocycles. The summed E-state index contributed by atoms with van der Waals surface area (Å²) in [6.45, 7) is 9.41. The number of carbonyl (C=O) groups excluding carboxylic acids is 1. The molecule has 2 aromatic rings. The molecule has 146 valence electrons. The number of piperazine rings is 1. The largest absolute Gasteiger partial charge is 0.464 e. The van der Waals surface area contributed by atoms with E-state index in [0.717, 1.165) is 68.5 Å². The van der Waals surface area contributed by atoms with Crippen LogP contribution in [-0.4, -0.2) is 64.5 Å². The van der Waals surface area contributed by atoms with Gasteiger partial charge in [0.05, 0.1) is 25.3 Å². The van der Waals surface area contributed by atoms with E-state index in [0.29, 0.717) is 19.1 Å². The molecule has 2 aliphatic rings. The van der Waals surface area contributed by atoms with Gasteiger partial charge in [-0.15, -0.1) is 0 Å². The zero-order chi connectivity index (χ0) is 18.8. The van der Waals surface area contributed by atoms with Gasteiger partial charge in [-0.25, -0.2) is 0 Å². The number of carbonyl (C=O) groups is 1.